The minimum atomic E-state index is 0.0812. The van der Waals surface area contributed by atoms with Gasteiger partial charge in [0.05, 0.1) is 24.9 Å². The third kappa shape index (κ3) is 2.45. The standard InChI is InChI=1S/C15H24N2O2/c1-14(2,17-7-5-16-6-8-17)10-15(11-18-12-15)13-4-3-9-19-13/h3-4,9,16H,5-8,10-12H2,1-2H3. The Morgan fingerprint density at radius 2 is 2.05 bits per heavy atom. The van der Waals surface area contributed by atoms with Crippen LogP contribution in [0.4, 0.5) is 0 Å². The van der Waals surface area contributed by atoms with Crippen molar-refractivity contribution >= 4 is 0 Å². The Morgan fingerprint density at radius 3 is 2.58 bits per heavy atom. The van der Waals surface area contributed by atoms with Crippen LogP contribution in [0.2, 0.25) is 0 Å². The topological polar surface area (TPSA) is 37.6 Å². The Hall–Kier alpha value is -0.840. The normalized spacial score (nSPS) is 24.1. The quantitative estimate of drug-likeness (QED) is 0.897. The summed E-state index contributed by atoms with van der Waals surface area (Å²) in [5.41, 5.74) is 0.260. The lowest BCUT2D eigenvalue weighted by Gasteiger charge is -2.49. The van der Waals surface area contributed by atoms with Gasteiger partial charge >= 0.3 is 0 Å². The molecule has 1 aromatic rings. The van der Waals surface area contributed by atoms with Gasteiger partial charge < -0.3 is 14.5 Å². The molecular weight excluding hydrogens is 240 g/mol. The average Bonchev–Trinajstić information content (AvgIpc) is 2.89. The van der Waals surface area contributed by atoms with Crippen LogP contribution in [0, 0.1) is 0 Å². The maximum absolute atomic E-state index is 5.66. The Bertz CT molecular complexity index is 404. The molecular formula is C15H24N2O2. The van der Waals surface area contributed by atoms with Gasteiger partial charge in [-0.3, -0.25) is 4.90 Å². The monoisotopic (exact) mass is 264 g/mol. The number of rotatable bonds is 4. The molecule has 0 bridgehead atoms. The summed E-state index contributed by atoms with van der Waals surface area (Å²) in [6, 6.07) is 4.07. The van der Waals surface area contributed by atoms with E-state index in [1.807, 2.05) is 6.07 Å². The van der Waals surface area contributed by atoms with Crippen LogP contribution in [0.1, 0.15) is 26.0 Å². The molecule has 0 radical (unpaired) electrons. The van der Waals surface area contributed by atoms with Crippen molar-refractivity contribution in [3.8, 4) is 0 Å². The smallest absolute Gasteiger partial charge is 0.114 e. The number of nitrogens with zero attached hydrogens (tertiary/aromatic N) is 1. The second-order valence-electron chi connectivity index (χ2n) is 6.48. The molecule has 4 heteroatoms. The van der Waals surface area contributed by atoms with Gasteiger partial charge in [-0.05, 0) is 32.4 Å². The van der Waals surface area contributed by atoms with Crippen LogP contribution >= 0.6 is 0 Å². The van der Waals surface area contributed by atoms with Crippen molar-refractivity contribution in [2.45, 2.75) is 31.2 Å². The lowest BCUT2D eigenvalue weighted by atomic mass is 9.73. The summed E-state index contributed by atoms with van der Waals surface area (Å²) in [6.07, 6.45) is 2.86. The molecule has 2 aliphatic heterocycles. The molecule has 0 saturated carbocycles. The van der Waals surface area contributed by atoms with E-state index >= 15 is 0 Å². The first kappa shape index (κ1) is 13.2. The van der Waals surface area contributed by atoms with E-state index in [-0.39, 0.29) is 11.0 Å². The predicted molar refractivity (Wildman–Crippen MR) is 74.3 cm³/mol. The van der Waals surface area contributed by atoms with E-state index in [0.717, 1.165) is 51.6 Å². The SMILES string of the molecule is CC(C)(CC1(c2ccco2)COC1)N1CCNCC1. The lowest BCUT2D eigenvalue weighted by molar-refractivity contribution is -0.0961. The maximum Gasteiger partial charge on any atom is 0.114 e. The Labute approximate surface area is 115 Å². The molecule has 1 N–H and O–H groups in total. The van der Waals surface area contributed by atoms with Gasteiger partial charge in [0.25, 0.3) is 0 Å². The fourth-order valence-electron chi connectivity index (χ4n) is 3.47. The largest absolute Gasteiger partial charge is 0.469 e. The first-order valence-corrected chi connectivity index (χ1v) is 7.20. The lowest BCUT2D eigenvalue weighted by Crippen LogP contribution is -2.59. The summed E-state index contributed by atoms with van der Waals surface area (Å²) >= 11 is 0. The van der Waals surface area contributed by atoms with Gasteiger partial charge in [-0.2, -0.15) is 0 Å². The van der Waals surface area contributed by atoms with Gasteiger partial charge in [-0.1, -0.05) is 0 Å². The number of ether oxygens (including phenoxy) is 1. The number of nitrogens with one attached hydrogen (secondary N) is 1. The van der Waals surface area contributed by atoms with Crippen LogP contribution in [0.3, 0.4) is 0 Å². The number of hydrogen-bond donors (Lipinski definition) is 1. The summed E-state index contributed by atoms with van der Waals surface area (Å²) in [5.74, 6) is 1.09. The van der Waals surface area contributed by atoms with E-state index in [1.54, 1.807) is 6.26 Å². The number of furan rings is 1. The van der Waals surface area contributed by atoms with Crippen molar-refractivity contribution in [1.82, 2.24) is 10.2 Å². The molecule has 4 nitrogen and oxygen atoms in total. The molecule has 2 aliphatic rings. The van der Waals surface area contributed by atoms with Crippen LogP contribution in [-0.2, 0) is 10.2 Å². The average molecular weight is 264 g/mol. The minimum absolute atomic E-state index is 0.0812. The molecule has 0 aliphatic carbocycles. The van der Waals surface area contributed by atoms with E-state index in [1.165, 1.54) is 0 Å². The molecule has 2 fully saturated rings. The van der Waals surface area contributed by atoms with Crippen molar-refractivity contribution in [3.05, 3.63) is 24.2 Å². The second kappa shape index (κ2) is 4.93. The first-order valence-electron chi connectivity index (χ1n) is 7.20. The van der Waals surface area contributed by atoms with E-state index in [4.69, 9.17) is 9.15 Å². The summed E-state index contributed by atoms with van der Waals surface area (Å²) in [4.78, 5) is 2.59. The van der Waals surface area contributed by atoms with Gasteiger partial charge in [0, 0.05) is 31.7 Å². The molecule has 0 atom stereocenters. The number of piperazine rings is 1. The highest BCUT2D eigenvalue weighted by atomic mass is 16.5. The van der Waals surface area contributed by atoms with Crippen LogP contribution in [0.25, 0.3) is 0 Å². The molecule has 0 aromatic carbocycles. The Morgan fingerprint density at radius 1 is 1.32 bits per heavy atom. The van der Waals surface area contributed by atoms with E-state index in [9.17, 15) is 0 Å². The van der Waals surface area contributed by atoms with Crippen LogP contribution in [0.15, 0.2) is 22.8 Å². The number of hydrogen-bond acceptors (Lipinski definition) is 4. The summed E-state index contributed by atoms with van der Waals surface area (Å²) in [5, 5.41) is 3.42. The Balaban J connectivity index is 1.75. The highest BCUT2D eigenvalue weighted by Crippen LogP contribution is 2.41. The zero-order valence-corrected chi connectivity index (χ0v) is 11.9. The molecule has 0 unspecified atom stereocenters. The van der Waals surface area contributed by atoms with Crippen molar-refractivity contribution in [2.24, 2.45) is 0 Å². The van der Waals surface area contributed by atoms with Crippen molar-refractivity contribution in [1.29, 1.82) is 0 Å². The maximum atomic E-state index is 5.66. The predicted octanol–water partition coefficient (Wildman–Crippen LogP) is 1.62. The minimum Gasteiger partial charge on any atom is -0.469 e. The molecule has 3 heterocycles. The summed E-state index contributed by atoms with van der Waals surface area (Å²) in [7, 11) is 0. The second-order valence-corrected chi connectivity index (χ2v) is 6.48. The zero-order chi connectivity index (χ0) is 13.3. The van der Waals surface area contributed by atoms with Crippen LogP contribution < -0.4 is 5.32 Å². The third-order valence-corrected chi connectivity index (χ3v) is 4.54. The van der Waals surface area contributed by atoms with Gasteiger partial charge in [-0.15, -0.1) is 0 Å². The highest BCUT2D eigenvalue weighted by molar-refractivity contribution is 5.19. The van der Waals surface area contributed by atoms with Crippen LogP contribution in [-0.4, -0.2) is 49.8 Å². The molecule has 2 saturated heterocycles. The zero-order valence-electron chi connectivity index (χ0n) is 11.9. The highest BCUT2D eigenvalue weighted by Gasteiger charge is 2.48. The third-order valence-electron chi connectivity index (χ3n) is 4.54. The molecule has 0 spiro atoms. The van der Waals surface area contributed by atoms with E-state index in [0.29, 0.717) is 0 Å². The first-order chi connectivity index (χ1) is 9.12. The summed E-state index contributed by atoms with van der Waals surface area (Å²) < 4.78 is 11.2. The van der Waals surface area contributed by atoms with Crippen molar-refractivity contribution in [2.75, 3.05) is 39.4 Å². The molecule has 3 rings (SSSR count). The van der Waals surface area contributed by atoms with E-state index < -0.39 is 0 Å². The molecule has 0 amide bonds. The molecule has 106 valence electrons. The van der Waals surface area contributed by atoms with Gasteiger partial charge in [0.2, 0.25) is 0 Å². The molecule has 19 heavy (non-hydrogen) atoms. The van der Waals surface area contributed by atoms with Crippen molar-refractivity contribution < 1.29 is 9.15 Å². The van der Waals surface area contributed by atoms with Crippen LogP contribution in [0.5, 0.6) is 0 Å². The Kier molecular flexibility index (Phi) is 3.41. The summed E-state index contributed by atoms with van der Waals surface area (Å²) in [6.45, 7) is 10.7. The fraction of sp³-hybridized carbons (Fsp3) is 0.733. The molecule has 1 aromatic heterocycles. The fourth-order valence-corrected chi connectivity index (χ4v) is 3.47. The van der Waals surface area contributed by atoms with Gasteiger partial charge in [-0.25, -0.2) is 0 Å². The van der Waals surface area contributed by atoms with Gasteiger partial charge in [0.1, 0.15) is 5.76 Å². The van der Waals surface area contributed by atoms with Crippen molar-refractivity contribution in [3.63, 3.8) is 0 Å². The van der Waals surface area contributed by atoms with Gasteiger partial charge in [0.15, 0.2) is 0 Å². The van der Waals surface area contributed by atoms with E-state index in [2.05, 4.69) is 30.1 Å².